The summed E-state index contributed by atoms with van der Waals surface area (Å²) in [5.74, 6) is 0. The first-order valence-corrected chi connectivity index (χ1v) is 5.78. The fraction of sp³-hybridized carbons (Fsp3) is 0.357. The molecule has 0 saturated heterocycles. The van der Waals surface area contributed by atoms with E-state index < -0.39 is 0 Å². The summed E-state index contributed by atoms with van der Waals surface area (Å²) in [7, 11) is 2.13. The zero-order valence-electron chi connectivity index (χ0n) is 9.89. The van der Waals surface area contributed by atoms with Crippen LogP contribution < -0.4 is 0 Å². The van der Waals surface area contributed by atoms with Crippen molar-refractivity contribution in [2.75, 3.05) is 20.1 Å². The lowest BCUT2D eigenvalue weighted by Crippen LogP contribution is -2.34. The van der Waals surface area contributed by atoms with Crippen molar-refractivity contribution in [3.63, 3.8) is 0 Å². The Morgan fingerprint density at radius 3 is 2.75 bits per heavy atom. The Morgan fingerprint density at radius 1 is 1.38 bits per heavy atom. The molecular formula is C14H19N2+. The van der Waals surface area contributed by atoms with E-state index in [1.807, 2.05) is 6.08 Å². The molecule has 0 fully saturated rings. The van der Waals surface area contributed by atoms with Crippen LogP contribution in [0.3, 0.4) is 0 Å². The lowest BCUT2D eigenvalue weighted by Gasteiger charge is -2.18. The van der Waals surface area contributed by atoms with E-state index in [4.69, 9.17) is 0 Å². The summed E-state index contributed by atoms with van der Waals surface area (Å²) in [6.45, 7) is 7.10. The molecule has 0 unspecified atom stereocenters. The van der Waals surface area contributed by atoms with Crippen molar-refractivity contribution < 1.29 is 4.58 Å². The third-order valence-corrected chi connectivity index (χ3v) is 2.92. The monoisotopic (exact) mass is 215 g/mol. The van der Waals surface area contributed by atoms with E-state index in [0.717, 1.165) is 13.1 Å². The third-order valence-electron chi connectivity index (χ3n) is 2.92. The van der Waals surface area contributed by atoms with Crippen LogP contribution in [-0.2, 0) is 6.54 Å². The highest BCUT2D eigenvalue weighted by Crippen LogP contribution is 2.09. The zero-order chi connectivity index (χ0) is 11.4. The van der Waals surface area contributed by atoms with Gasteiger partial charge in [-0.05, 0) is 11.1 Å². The van der Waals surface area contributed by atoms with Crippen molar-refractivity contribution in [1.82, 2.24) is 4.90 Å². The van der Waals surface area contributed by atoms with Gasteiger partial charge in [0.25, 0.3) is 0 Å². The summed E-state index contributed by atoms with van der Waals surface area (Å²) < 4.78 is 2.25. The molecule has 0 saturated carbocycles. The maximum Gasteiger partial charge on any atom is 0.234 e. The maximum atomic E-state index is 3.76. The highest BCUT2D eigenvalue weighted by Gasteiger charge is 2.13. The van der Waals surface area contributed by atoms with Gasteiger partial charge in [-0.2, -0.15) is 0 Å². The summed E-state index contributed by atoms with van der Waals surface area (Å²) in [5, 5.41) is 0. The predicted octanol–water partition coefficient (Wildman–Crippen LogP) is 2.21. The molecule has 0 atom stereocenters. The van der Waals surface area contributed by atoms with Crippen LogP contribution in [0.25, 0.3) is 6.08 Å². The Labute approximate surface area is 97.5 Å². The van der Waals surface area contributed by atoms with E-state index in [1.54, 1.807) is 0 Å². The molecule has 0 aliphatic carbocycles. The zero-order valence-corrected chi connectivity index (χ0v) is 9.89. The van der Waals surface area contributed by atoms with Gasteiger partial charge < -0.3 is 0 Å². The number of benzene rings is 1. The Morgan fingerprint density at radius 2 is 2.12 bits per heavy atom. The van der Waals surface area contributed by atoms with Crippen LogP contribution in [0.4, 0.5) is 0 Å². The molecule has 2 rings (SSSR count). The van der Waals surface area contributed by atoms with Crippen LogP contribution in [0.5, 0.6) is 0 Å². The first-order valence-electron chi connectivity index (χ1n) is 5.78. The molecule has 2 heteroatoms. The first-order chi connectivity index (χ1) is 7.78. The second-order valence-corrected chi connectivity index (χ2v) is 4.37. The van der Waals surface area contributed by atoms with Crippen LogP contribution >= 0.6 is 0 Å². The van der Waals surface area contributed by atoms with Crippen LogP contribution in [0, 0.1) is 0 Å². The topological polar surface area (TPSA) is 6.25 Å². The van der Waals surface area contributed by atoms with Crippen molar-refractivity contribution in [3.05, 3.63) is 42.0 Å². The standard InChI is InChI=1S/C14H19N2/c1-3-13-5-7-14(8-6-13)11-16-10-4-9-15(2)12-16/h3,5-8,12H,1,4,9-11H2,2H3/q+1. The number of hydrogen-bond donors (Lipinski definition) is 0. The average Bonchev–Trinajstić information content (AvgIpc) is 2.30. The second-order valence-electron chi connectivity index (χ2n) is 4.37. The fourth-order valence-electron chi connectivity index (χ4n) is 2.03. The molecule has 1 heterocycles. The van der Waals surface area contributed by atoms with Crippen molar-refractivity contribution in [2.24, 2.45) is 0 Å². The summed E-state index contributed by atoms with van der Waals surface area (Å²) in [6.07, 6.45) is 5.34. The van der Waals surface area contributed by atoms with E-state index in [9.17, 15) is 0 Å². The van der Waals surface area contributed by atoms with Crippen molar-refractivity contribution in [3.8, 4) is 0 Å². The third kappa shape index (κ3) is 2.72. The van der Waals surface area contributed by atoms with Gasteiger partial charge in [-0.25, -0.2) is 0 Å². The van der Waals surface area contributed by atoms with Crippen LogP contribution in [-0.4, -0.2) is 36.0 Å². The van der Waals surface area contributed by atoms with E-state index in [2.05, 4.69) is 53.7 Å². The minimum absolute atomic E-state index is 1.00. The summed E-state index contributed by atoms with van der Waals surface area (Å²) >= 11 is 0. The van der Waals surface area contributed by atoms with E-state index in [-0.39, 0.29) is 0 Å². The molecule has 84 valence electrons. The molecule has 0 bridgehead atoms. The molecule has 1 aliphatic rings. The van der Waals surface area contributed by atoms with E-state index in [0.29, 0.717) is 0 Å². The quantitative estimate of drug-likeness (QED) is 0.701. The maximum absolute atomic E-state index is 3.76. The Balaban J connectivity index is 2.03. The van der Waals surface area contributed by atoms with Crippen LogP contribution in [0.1, 0.15) is 17.5 Å². The minimum atomic E-state index is 1.00. The molecule has 0 N–H and O–H groups in total. The lowest BCUT2D eigenvalue weighted by molar-refractivity contribution is -0.503. The molecule has 16 heavy (non-hydrogen) atoms. The van der Waals surface area contributed by atoms with Crippen molar-refractivity contribution in [2.45, 2.75) is 13.0 Å². The van der Waals surface area contributed by atoms with Gasteiger partial charge in [-0.3, -0.25) is 9.48 Å². The average molecular weight is 215 g/mol. The molecule has 1 aromatic rings. The first kappa shape index (κ1) is 10.9. The summed E-state index contributed by atoms with van der Waals surface area (Å²) in [6, 6.07) is 8.60. The minimum Gasteiger partial charge on any atom is -0.271 e. The van der Waals surface area contributed by atoms with Gasteiger partial charge in [0.05, 0.1) is 20.1 Å². The highest BCUT2D eigenvalue weighted by atomic mass is 15.2. The molecule has 2 nitrogen and oxygen atoms in total. The Hall–Kier alpha value is -1.57. The van der Waals surface area contributed by atoms with Crippen molar-refractivity contribution in [1.29, 1.82) is 0 Å². The van der Waals surface area contributed by atoms with Gasteiger partial charge in [0, 0.05) is 6.42 Å². The van der Waals surface area contributed by atoms with Gasteiger partial charge in [-0.15, -0.1) is 0 Å². The molecule has 0 amide bonds. The van der Waals surface area contributed by atoms with Gasteiger partial charge in [0.1, 0.15) is 6.54 Å². The largest absolute Gasteiger partial charge is 0.271 e. The van der Waals surface area contributed by atoms with Crippen LogP contribution in [0.2, 0.25) is 0 Å². The van der Waals surface area contributed by atoms with E-state index in [1.165, 1.54) is 24.1 Å². The van der Waals surface area contributed by atoms with Crippen molar-refractivity contribution >= 4 is 12.4 Å². The van der Waals surface area contributed by atoms with E-state index >= 15 is 0 Å². The highest BCUT2D eigenvalue weighted by molar-refractivity contribution is 5.50. The predicted molar refractivity (Wildman–Crippen MR) is 68.7 cm³/mol. The number of nitrogens with zero attached hydrogens (tertiary/aromatic N) is 2. The van der Waals surface area contributed by atoms with Gasteiger partial charge in [0.2, 0.25) is 6.34 Å². The smallest absolute Gasteiger partial charge is 0.234 e. The lowest BCUT2D eigenvalue weighted by atomic mass is 10.1. The Kier molecular flexibility index (Phi) is 3.40. The normalized spacial score (nSPS) is 15.8. The molecule has 0 radical (unpaired) electrons. The van der Waals surface area contributed by atoms with Gasteiger partial charge >= 0.3 is 0 Å². The fourth-order valence-corrected chi connectivity index (χ4v) is 2.03. The SMILES string of the molecule is C=Cc1ccc(CN2C=[N+](C)CCC2)cc1. The second kappa shape index (κ2) is 4.97. The number of hydrogen-bond acceptors (Lipinski definition) is 1. The Bertz CT molecular complexity index is 390. The number of rotatable bonds is 3. The molecule has 0 spiro atoms. The molecular weight excluding hydrogens is 196 g/mol. The molecule has 1 aliphatic heterocycles. The molecule has 1 aromatic carbocycles. The summed E-state index contributed by atoms with van der Waals surface area (Å²) in [5.41, 5.74) is 2.54. The van der Waals surface area contributed by atoms with Gasteiger partial charge in [-0.1, -0.05) is 36.9 Å². The van der Waals surface area contributed by atoms with Gasteiger partial charge in [0.15, 0.2) is 0 Å². The summed E-state index contributed by atoms with van der Waals surface area (Å²) in [4.78, 5) is 2.37. The van der Waals surface area contributed by atoms with Crippen LogP contribution in [0.15, 0.2) is 30.8 Å². The molecule has 0 aromatic heterocycles.